The van der Waals surface area contributed by atoms with Gasteiger partial charge in [0.25, 0.3) is 11.8 Å². The van der Waals surface area contributed by atoms with E-state index in [2.05, 4.69) is 5.32 Å². The van der Waals surface area contributed by atoms with Gasteiger partial charge in [-0.25, -0.2) is 18.4 Å². The van der Waals surface area contributed by atoms with E-state index in [0.717, 1.165) is 0 Å². The molecular formula is C37H50F2N2O11S2. The Morgan fingerprint density at radius 1 is 1.13 bits per heavy atom. The lowest BCUT2D eigenvalue weighted by atomic mass is 9.44. The lowest BCUT2D eigenvalue weighted by molar-refractivity contribution is -0.234. The summed E-state index contributed by atoms with van der Waals surface area (Å²) in [5, 5.41) is 25.1. The van der Waals surface area contributed by atoms with Crippen LogP contribution in [0.2, 0.25) is 0 Å². The first-order chi connectivity index (χ1) is 25.3. The number of alkyl halides is 2. The van der Waals surface area contributed by atoms with Gasteiger partial charge in [0.05, 0.1) is 24.7 Å². The van der Waals surface area contributed by atoms with Gasteiger partial charge < -0.3 is 34.6 Å². The van der Waals surface area contributed by atoms with Gasteiger partial charge in [0, 0.05) is 46.6 Å². The minimum Gasteiger partial charge on any atom is -0.441 e. The molecule has 6 rings (SSSR count). The van der Waals surface area contributed by atoms with Gasteiger partial charge in [-0.1, -0.05) is 54.0 Å². The summed E-state index contributed by atoms with van der Waals surface area (Å²) in [5.41, 5.74) is -6.59. The van der Waals surface area contributed by atoms with Crippen molar-refractivity contribution < 1.29 is 62.0 Å². The molecule has 0 bridgehead atoms. The molecule has 2 heterocycles. The van der Waals surface area contributed by atoms with Crippen molar-refractivity contribution in [3.05, 3.63) is 23.8 Å². The van der Waals surface area contributed by atoms with E-state index in [0.29, 0.717) is 23.7 Å². The van der Waals surface area contributed by atoms with E-state index in [4.69, 9.17) is 19.0 Å². The highest BCUT2D eigenvalue weighted by Crippen LogP contribution is 2.72. The molecule has 3 saturated carbocycles. The third kappa shape index (κ3) is 6.81. The van der Waals surface area contributed by atoms with Gasteiger partial charge >= 0.3 is 12.1 Å². The van der Waals surface area contributed by atoms with E-state index in [1.165, 1.54) is 39.8 Å². The van der Waals surface area contributed by atoms with Crippen LogP contribution in [-0.4, -0.2) is 111 Å². The fraction of sp³-hybridized carbons (Fsp3) is 0.757. The Morgan fingerprint density at radius 3 is 2.52 bits per heavy atom. The van der Waals surface area contributed by atoms with Gasteiger partial charge in [0.2, 0.25) is 5.78 Å². The van der Waals surface area contributed by atoms with Crippen LogP contribution in [0.3, 0.4) is 0 Å². The first-order valence-corrected chi connectivity index (χ1v) is 20.9. The molecule has 3 amide bonds. The number of carbonyl (C=O) groups is 5. The average molecular weight is 801 g/mol. The minimum atomic E-state index is -2.30. The lowest BCUT2D eigenvalue weighted by Gasteiger charge is -2.63. The highest BCUT2D eigenvalue weighted by Gasteiger charge is 2.80. The Kier molecular flexibility index (Phi) is 11.5. The van der Waals surface area contributed by atoms with Crippen LogP contribution in [0, 0.1) is 22.7 Å². The van der Waals surface area contributed by atoms with Gasteiger partial charge in [-0.15, -0.1) is 5.06 Å². The van der Waals surface area contributed by atoms with Gasteiger partial charge in [-0.2, -0.15) is 0 Å². The number of aliphatic hydroxyl groups excluding tert-OH is 2. The number of nitrogens with zero attached hydrogens (tertiary/aromatic N) is 1. The molecule has 0 aromatic rings. The standard InChI is InChI=1S/C37H50F2N2O11S2/c1-6-7-31-50-27-16-21-22-15-24(38)23-14-20(42)10-11-34(23,4)36(22,39)25(43)17-35(21,5)37(27,51-31)26(44)19-49-32(48)40-12-13-53-54-33(2,3)18-30(47)52-41-28(45)8-9-29(41)46/h10-11,14,20-22,24-25,27,31,42-43H,6-9,12-13,15-19H2,1-5H3,(H,40,48)/t20?,21?,22-,24-,25-,27+,31?,34-,35-,36-,37+/m0/s1. The number of hydrogen-bond donors (Lipinski definition) is 3. The molecule has 2 aliphatic heterocycles. The van der Waals surface area contributed by atoms with Crippen LogP contribution in [0.25, 0.3) is 0 Å². The zero-order chi connectivity index (χ0) is 39.4. The number of imide groups is 1. The van der Waals surface area contributed by atoms with E-state index in [1.807, 2.05) is 6.92 Å². The van der Waals surface area contributed by atoms with Crippen LogP contribution in [0.5, 0.6) is 0 Å². The van der Waals surface area contributed by atoms with Gasteiger partial charge in [-0.05, 0) is 64.0 Å². The van der Waals surface area contributed by atoms with Crippen molar-refractivity contribution in [2.75, 3.05) is 18.9 Å². The number of rotatable bonds is 13. The van der Waals surface area contributed by atoms with Crippen molar-refractivity contribution >= 4 is 51.2 Å². The molecule has 0 aromatic carbocycles. The second-order valence-corrected chi connectivity index (χ2v) is 19.4. The Labute approximate surface area is 321 Å². The smallest absolute Gasteiger partial charge is 0.407 e. The number of allylic oxidation sites excluding steroid dienone is 2. The number of ketones is 1. The Bertz CT molecular complexity index is 1600. The first-order valence-electron chi connectivity index (χ1n) is 18.6. The first kappa shape index (κ1) is 41.1. The van der Waals surface area contributed by atoms with Crippen molar-refractivity contribution in [2.45, 2.75) is 133 Å². The zero-order valence-electron chi connectivity index (χ0n) is 31.1. The van der Waals surface area contributed by atoms with Crippen LogP contribution in [0.1, 0.15) is 86.0 Å². The average Bonchev–Trinajstić information content (AvgIpc) is 3.70. The number of amides is 3. The van der Waals surface area contributed by atoms with E-state index < -0.39 is 106 Å². The van der Waals surface area contributed by atoms with Gasteiger partial charge in [0.1, 0.15) is 6.17 Å². The SMILES string of the molecule is CCCC1O[C@@H]2CC3[C@@H]4C[C@H](F)C5=CC(O)C=C[C@]5(C)[C@@]4(F)[C@@H](O)C[C@]3(C)[C@]2(C(=O)COC(=O)NCCSSC(C)(C)CC(=O)ON2C(=O)CCC2=O)O1. The summed E-state index contributed by atoms with van der Waals surface area (Å²) in [5.74, 6) is -3.64. The Hall–Kier alpha value is -2.57. The number of ether oxygens (including phenoxy) is 3. The molecule has 13 nitrogen and oxygen atoms in total. The summed E-state index contributed by atoms with van der Waals surface area (Å²) in [6, 6.07) is 0. The number of halogens is 2. The van der Waals surface area contributed by atoms with Crippen molar-refractivity contribution in [1.82, 2.24) is 10.4 Å². The molecule has 54 heavy (non-hydrogen) atoms. The molecule has 300 valence electrons. The molecule has 11 atom stereocenters. The lowest BCUT2D eigenvalue weighted by Crippen LogP contribution is -2.71. The number of nitrogens with one attached hydrogen (secondary N) is 1. The summed E-state index contributed by atoms with van der Waals surface area (Å²) >= 11 is 0. The second kappa shape index (κ2) is 15.1. The topological polar surface area (TPSA) is 178 Å². The second-order valence-electron chi connectivity index (χ2n) is 16.2. The molecule has 5 fully saturated rings. The number of fused-ring (bicyclic) bond motifs is 7. The molecule has 0 aromatic heterocycles. The number of carbonyl (C=O) groups excluding carboxylic acids is 5. The van der Waals surface area contributed by atoms with Crippen molar-refractivity contribution in [3.63, 3.8) is 0 Å². The molecule has 4 aliphatic carbocycles. The molecule has 17 heteroatoms. The zero-order valence-corrected chi connectivity index (χ0v) is 32.8. The Balaban J connectivity index is 1.07. The molecule has 2 saturated heterocycles. The monoisotopic (exact) mass is 800 g/mol. The predicted octanol–water partition coefficient (Wildman–Crippen LogP) is 4.44. The van der Waals surface area contributed by atoms with Crippen LogP contribution in [0.4, 0.5) is 13.6 Å². The van der Waals surface area contributed by atoms with Crippen LogP contribution in [-0.2, 0) is 38.2 Å². The number of hydrogen-bond acceptors (Lipinski definition) is 13. The van der Waals surface area contributed by atoms with E-state index in [9.17, 15) is 34.2 Å². The van der Waals surface area contributed by atoms with Gasteiger partial charge in [-0.3, -0.25) is 14.4 Å². The summed E-state index contributed by atoms with van der Waals surface area (Å²) in [4.78, 5) is 67.8. The summed E-state index contributed by atoms with van der Waals surface area (Å²) in [6.07, 6.45) is -1.66. The predicted molar refractivity (Wildman–Crippen MR) is 193 cm³/mol. The highest BCUT2D eigenvalue weighted by molar-refractivity contribution is 8.77. The fourth-order valence-electron chi connectivity index (χ4n) is 9.86. The largest absolute Gasteiger partial charge is 0.441 e. The van der Waals surface area contributed by atoms with E-state index in [1.54, 1.807) is 27.7 Å². The maximum Gasteiger partial charge on any atom is 0.407 e. The van der Waals surface area contributed by atoms with E-state index in [-0.39, 0.29) is 50.6 Å². The van der Waals surface area contributed by atoms with Crippen molar-refractivity contribution in [3.8, 4) is 0 Å². The maximum absolute atomic E-state index is 17.7. The maximum atomic E-state index is 17.7. The Morgan fingerprint density at radius 2 is 1.83 bits per heavy atom. The number of aliphatic hydroxyl groups is 2. The summed E-state index contributed by atoms with van der Waals surface area (Å²) in [7, 11) is 2.72. The number of Topliss-reactive ketones (excluding diaryl/α,β-unsaturated/α-hetero) is 1. The third-order valence-corrected chi connectivity index (χ3v) is 15.6. The highest BCUT2D eigenvalue weighted by atomic mass is 33.1. The summed E-state index contributed by atoms with van der Waals surface area (Å²) < 4.78 is 51.2. The summed E-state index contributed by atoms with van der Waals surface area (Å²) in [6.45, 7) is 8.33. The van der Waals surface area contributed by atoms with Gasteiger partial charge in [0.15, 0.2) is 24.2 Å². The fourth-order valence-corrected chi connectivity index (χ4v) is 12.3. The molecular weight excluding hydrogens is 751 g/mol. The van der Waals surface area contributed by atoms with E-state index >= 15 is 8.78 Å². The molecule has 3 unspecified atom stereocenters. The van der Waals surface area contributed by atoms with Crippen LogP contribution in [0.15, 0.2) is 23.8 Å². The molecule has 0 spiro atoms. The third-order valence-electron chi connectivity index (χ3n) is 12.3. The normalized spacial score (nSPS) is 39.7. The van der Waals surface area contributed by atoms with Crippen molar-refractivity contribution in [2.24, 2.45) is 22.7 Å². The molecule has 6 aliphatic rings. The van der Waals surface area contributed by atoms with Crippen LogP contribution < -0.4 is 5.32 Å². The number of alkyl carbamates (subject to hydrolysis) is 1. The van der Waals surface area contributed by atoms with Crippen molar-refractivity contribution in [1.29, 1.82) is 0 Å². The molecule has 0 radical (unpaired) electrons. The quantitative estimate of drug-likeness (QED) is 0.103. The molecule has 3 N–H and O–H groups in total. The minimum absolute atomic E-state index is 0.00418. The number of hydroxylamine groups is 2. The van der Waals surface area contributed by atoms with Crippen LogP contribution >= 0.6 is 21.6 Å².